The highest BCUT2D eigenvalue weighted by Gasteiger charge is 2.14. The van der Waals surface area contributed by atoms with Crippen LogP contribution in [0.3, 0.4) is 0 Å². The van der Waals surface area contributed by atoms with Crippen LogP contribution in [-0.2, 0) is 11.3 Å². The fourth-order valence-corrected chi connectivity index (χ4v) is 2.33. The Balaban J connectivity index is 2.05. The maximum Gasteiger partial charge on any atom is 0.341 e. The van der Waals surface area contributed by atoms with Crippen LogP contribution in [0.25, 0.3) is 0 Å². The average molecular weight is 291 g/mol. The molecule has 4 nitrogen and oxygen atoms in total. The fraction of sp³-hybridized carbons (Fsp3) is 0.267. The van der Waals surface area contributed by atoms with Crippen molar-refractivity contribution in [2.24, 2.45) is 0 Å². The second-order valence-electron chi connectivity index (χ2n) is 4.26. The molecule has 0 spiro atoms. The van der Waals surface area contributed by atoms with E-state index in [0.717, 1.165) is 5.69 Å². The zero-order valence-electron chi connectivity index (χ0n) is 11.7. The maximum atomic E-state index is 11.5. The van der Waals surface area contributed by atoms with Gasteiger partial charge in [0.1, 0.15) is 17.1 Å². The summed E-state index contributed by atoms with van der Waals surface area (Å²) in [5.74, 6) is 0.908. The highest BCUT2D eigenvalue weighted by atomic mass is 32.2. The number of esters is 1. The van der Waals surface area contributed by atoms with Crippen LogP contribution in [0.4, 0.5) is 5.69 Å². The number of carbonyl (C=O) groups excluding carboxylic acids is 1. The monoisotopic (exact) mass is 291 g/mol. The van der Waals surface area contributed by atoms with Crippen LogP contribution in [0.5, 0.6) is 0 Å². The summed E-state index contributed by atoms with van der Waals surface area (Å²) >= 11 is 1.69. The predicted molar refractivity (Wildman–Crippen MR) is 80.3 cm³/mol. The van der Waals surface area contributed by atoms with E-state index < -0.39 is 0 Å². The number of hydrogen-bond donors (Lipinski definition) is 1. The van der Waals surface area contributed by atoms with Crippen molar-refractivity contribution in [1.29, 1.82) is 0 Å². The Kier molecular flexibility index (Phi) is 4.74. The van der Waals surface area contributed by atoms with Crippen LogP contribution in [0.15, 0.2) is 39.6 Å². The van der Waals surface area contributed by atoms with Crippen LogP contribution in [0, 0.1) is 6.92 Å². The number of furan rings is 1. The summed E-state index contributed by atoms with van der Waals surface area (Å²) in [5.41, 5.74) is 1.49. The molecular weight excluding hydrogens is 274 g/mol. The molecule has 1 heterocycles. The molecule has 0 unspecified atom stereocenters. The molecule has 0 saturated heterocycles. The normalized spacial score (nSPS) is 10.3. The molecule has 20 heavy (non-hydrogen) atoms. The number of nitrogens with one attached hydrogen (secondary N) is 1. The molecule has 2 aromatic rings. The van der Waals surface area contributed by atoms with Gasteiger partial charge >= 0.3 is 5.97 Å². The number of aryl methyl sites for hydroxylation is 1. The van der Waals surface area contributed by atoms with Crippen LogP contribution in [0.1, 0.15) is 21.9 Å². The number of benzene rings is 1. The van der Waals surface area contributed by atoms with Gasteiger partial charge in [-0.1, -0.05) is 6.07 Å². The van der Waals surface area contributed by atoms with Gasteiger partial charge < -0.3 is 14.5 Å². The Bertz CT molecular complexity index is 607. The van der Waals surface area contributed by atoms with Gasteiger partial charge in [0.25, 0.3) is 0 Å². The minimum absolute atomic E-state index is 0.373. The van der Waals surface area contributed by atoms with E-state index in [4.69, 9.17) is 9.15 Å². The summed E-state index contributed by atoms with van der Waals surface area (Å²) in [6, 6.07) is 9.84. The molecule has 1 aromatic carbocycles. The van der Waals surface area contributed by atoms with E-state index in [-0.39, 0.29) is 5.97 Å². The molecule has 1 N–H and O–H groups in total. The van der Waals surface area contributed by atoms with E-state index in [2.05, 4.69) is 17.4 Å². The lowest BCUT2D eigenvalue weighted by Gasteiger charge is -2.05. The van der Waals surface area contributed by atoms with Crippen molar-refractivity contribution in [1.82, 2.24) is 0 Å². The molecule has 0 atom stereocenters. The van der Waals surface area contributed by atoms with Gasteiger partial charge in [-0.2, -0.15) is 0 Å². The van der Waals surface area contributed by atoms with E-state index >= 15 is 0 Å². The third-order valence-electron chi connectivity index (χ3n) is 2.91. The summed E-state index contributed by atoms with van der Waals surface area (Å²) in [6.45, 7) is 2.28. The van der Waals surface area contributed by atoms with Crippen LogP contribution in [-0.4, -0.2) is 19.3 Å². The van der Waals surface area contributed by atoms with Gasteiger partial charge in [0.05, 0.1) is 13.7 Å². The van der Waals surface area contributed by atoms with Crippen molar-refractivity contribution in [3.8, 4) is 0 Å². The second kappa shape index (κ2) is 6.52. The molecule has 0 fully saturated rings. The second-order valence-corrected chi connectivity index (χ2v) is 5.14. The molecule has 0 radical (unpaired) electrons. The largest absolute Gasteiger partial charge is 0.465 e. The minimum atomic E-state index is -0.373. The Hall–Kier alpha value is -1.88. The van der Waals surface area contributed by atoms with Crippen molar-refractivity contribution in [2.75, 3.05) is 18.7 Å². The van der Waals surface area contributed by atoms with E-state index in [1.54, 1.807) is 24.8 Å². The number of anilines is 1. The highest BCUT2D eigenvalue weighted by Crippen LogP contribution is 2.21. The first kappa shape index (κ1) is 14.5. The Labute approximate surface area is 122 Å². The Morgan fingerprint density at radius 1 is 1.40 bits per heavy atom. The lowest BCUT2D eigenvalue weighted by Crippen LogP contribution is -2.01. The zero-order chi connectivity index (χ0) is 14.5. The third-order valence-corrected chi connectivity index (χ3v) is 3.64. The van der Waals surface area contributed by atoms with Crippen molar-refractivity contribution >= 4 is 23.4 Å². The van der Waals surface area contributed by atoms with Gasteiger partial charge in [0.2, 0.25) is 0 Å². The number of hydrogen-bond acceptors (Lipinski definition) is 5. The van der Waals surface area contributed by atoms with Gasteiger partial charge in [-0.05, 0) is 37.4 Å². The fourth-order valence-electron chi connectivity index (χ4n) is 1.87. The summed E-state index contributed by atoms with van der Waals surface area (Å²) in [7, 11) is 1.36. The third kappa shape index (κ3) is 3.36. The molecule has 0 aliphatic heterocycles. The standard InChI is InChI=1S/C15H17NO3S/c1-10-14(15(17)18-2)8-12(19-10)9-16-11-5-4-6-13(7-11)20-3/h4-8,16H,9H2,1-3H3. The quantitative estimate of drug-likeness (QED) is 0.672. The first-order valence-electron chi connectivity index (χ1n) is 6.19. The molecule has 0 amide bonds. The topological polar surface area (TPSA) is 51.5 Å². The summed E-state index contributed by atoms with van der Waals surface area (Å²) in [6.07, 6.45) is 2.04. The molecule has 0 aliphatic rings. The van der Waals surface area contributed by atoms with Gasteiger partial charge in [0, 0.05) is 10.6 Å². The SMILES string of the molecule is COC(=O)c1cc(CNc2cccc(SC)c2)oc1C. The molecule has 0 bridgehead atoms. The lowest BCUT2D eigenvalue weighted by molar-refractivity contribution is 0.0599. The number of rotatable bonds is 5. The first-order chi connectivity index (χ1) is 9.63. The minimum Gasteiger partial charge on any atom is -0.465 e. The van der Waals surface area contributed by atoms with E-state index in [9.17, 15) is 4.79 Å². The van der Waals surface area contributed by atoms with Crippen LogP contribution < -0.4 is 5.32 Å². The van der Waals surface area contributed by atoms with E-state index in [0.29, 0.717) is 23.6 Å². The van der Waals surface area contributed by atoms with E-state index in [1.807, 2.05) is 18.4 Å². The average Bonchev–Trinajstić information content (AvgIpc) is 2.85. The number of ether oxygens (including phenoxy) is 1. The highest BCUT2D eigenvalue weighted by molar-refractivity contribution is 7.98. The molecule has 0 saturated carbocycles. The molecule has 2 rings (SSSR count). The van der Waals surface area contributed by atoms with E-state index in [1.165, 1.54) is 12.0 Å². The van der Waals surface area contributed by atoms with Crippen molar-refractivity contribution in [3.05, 3.63) is 47.4 Å². The predicted octanol–water partition coefficient (Wildman–Crippen LogP) is 3.71. The molecule has 106 valence electrons. The Morgan fingerprint density at radius 3 is 2.90 bits per heavy atom. The van der Waals surface area contributed by atoms with Gasteiger partial charge in [0.15, 0.2) is 0 Å². The van der Waals surface area contributed by atoms with Gasteiger partial charge in [-0.25, -0.2) is 4.79 Å². The lowest BCUT2D eigenvalue weighted by atomic mass is 10.2. The molecule has 0 aliphatic carbocycles. The number of methoxy groups -OCH3 is 1. The smallest absolute Gasteiger partial charge is 0.341 e. The Morgan fingerprint density at radius 2 is 2.20 bits per heavy atom. The van der Waals surface area contributed by atoms with Crippen molar-refractivity contribution < 1.29 is 13.9 Å². The number of thioether (sulfide) groups is 1. The summed E-state index contributed by atoms with van der Waals surface area (Å²) in [4.78, 5) is 12.7. The first-order valence-corrected chi connectivity index (χ1v) is 7.42. The van der Waals surface area contributed by atoms with Gasteiger partial charge in [-0.15, -0.1) is 11.8 Å². The maximum absolute atomic E-state index is 11.5. The summed E-state index contributed by atoms with van der Waals surface area (Å²) in [5, 5.41) is 3.27. The molecular formula is C15H17NO3S. The molecule has 1 aromatic heterocycles. The van der Waals surface area contributed by atoms with Gasteiger partial charge in [-0.3, -0.25) is 0 Å². The van der Waals surface area contributed by atoms with Crippen LogP contribution >= 0.6 is 11.8 Å². The summed E-state index contributed by atoms with van der Waals surface area (Å²) < 4.78 is 10.2. The number of carbonyl (C=O) groups is 1. The molecule has 5 heteroatoms. The van der Waals surface area contributed by atoms with Crippen molar-refractivity contribution in [3.63, 3.8) is 0 Å². The van der Waals surface area contributed by atoms with Crippen molar-refractivity contribution in [2.45, 2.75) is 18.4 Å². The zero-order valence-corrected chi connectivity index (χ0v) is 12.5. The van der Waals surface area contributed by atoms with Crippen LogP contribution in [0.2, 0.25) is 0 Å².